The van der Waals surface area contributed by atoms with Crippen molar-refractivity contribution in [2.24, 2.45) is 0 Å². The van der Waals surface area contributed by atoms with E-state index in [4.69, 9.17) is 0 Å². The van der Waals surface area contributed by atoms with Gasteiger partial charge in [0, 0.05) is 17.9 Å². The highest BCUT2D eigenvalue weighted by molar-refractivity contribution is 7.20. The third kappa shape index (κ3) is 2.45. The Bertz CT molecular complexity index is 774. The third-order valence-electron chi connectivity index (χ3n) is 2.72. The zero-order chi connectivity index (χ0) is 14.1. The summed E-state index contributed by atoms with van der Waals surface area (Å²) < 4.78 is 0.965. The predicted octanol–water partition coefficient (Wildman–Crippen LogP) is 3.69. The average Bonchev–Trinajstić information content (AvgIpc) is 3.04. The van der Waals surface area contributed by atoms with Crippen molar-refractivity contribution in [2.75, 3.05) is 0 Å². The van der Waals surface area contributed by atoms with Gasteiger partial charge in [0.25, 0.3) is 0 Å². The van der Waals surface area contributed by atoms with Crippen LogP contribution < -0.4 is 0 Å². The van der Waals surface area contributed by atoms with E-state index in [0.29, 0.717) is 10.6 Å². The second kappa shape index (κ2) is 5.10. The second-order valence-corrected chi connectivity index (χ2v) is 6.06. The van der Waals surface area contributed by atoms with Crippen LogP contribution in [0.3, 0.4) is 0 Å². The first-order valence-electron chi connectivity index (χ1n) is 5.74. The van der Waals surface area contributed by atoms with E-state index in [0.717, 1.165) is 21.6 Å². The van der Waals surface area contributed by atoms with Crippen molar-refractivity contribution in [3.63, 3.8) is 0 Å². The van der Waals surface area contributed by atoms with Crippen LogP contribution in [0.4, 0.5) is 5.00 Å². The molecular weight excluding hydrogens is 296 g/mol. The van der Waals surface area contributed by atoms with E-state index in [1.165, 1.54) is 17.4 Å². The Labute approximate surface area is 121 Å². The predicted molar refractivity (Wildman–Crippen MR) is 78.6 cm³/mol. The van der Waals surface area contributed by atoms with Crippen LogP contribution in [0.25, 0.3) is 10.2 Å². The molecule has 0 aliphatic rings. The number of carbonyl (C=O) groups is 1. The molecule has 5 nitrogen and oxygen atoms in total. The zero-order valence-electron chi connectivity index (χ0n) is 10.1. The number of rotatable bonds is 4. The minimum Gasteiger partial charge on any atom is -0.291 e. The Balaban J connectivity index is 1.83. The number of Topliss-reactive ketones (excluding diaryl/α,β-unsaturated/α-hetero) is 1. The number of ketones is 1. The van der Waals surface area contributed by atoms with E-state index in [-0.39, 0.29) is 17.2 Å². The highest BCUT2D eigenvalue weighted by Gasteiger charge is 2.16. The maximum Gasteiger partial charge on any atom is 0.324 e. The number of hydrogen-bond acceptors (Lipinski definition) is 6. The van der Waals surface area contributed by atoms with Gasteiger partial charge in [0.2, 0.25) is 0 Å². The number of benzene rings is 1. The van der Waals surface area contributed by atoms with Crippen LogP contribution in [0, 0.1) is 10.1 Å². The summed E-state index contributed by atoms with van der Waals surface area (Å²) in [7, 11) is 0. The van der Waals surface area contributed by atoms with E-state index in [1.54, 1.807) is 5.38 Å². The summed E-state index contributed by atoms with van der Waals surface area (Å²) in [6.45, 7) is 0. The van der Waals surface area contributed by atoms with E-state index in [1.807, 2.05) is 24.3 Å². The molecule has 2 aromatic heterocycles. The molecule has 0 fully saturated rings. The number of para-hydroxylation sites is 1. The smallest absolute Gasteiger partial charge is 0.291 e. The average molecular weight is 304 g/mol. The number of hydrogen-bond donors (Lipinski definition) is 0. The molecule has 1 aromatic carbocycles. The Morgan fingerprint density at radius 3 is 2.85 bits per heavy atom. The highest BCUT2D eigenvalue weighted by Crippen LogP contribution is 2.26. The standard InChI is InChI=1S/C13H8N2O3S2/c16-10(5-8-6-12(15(17)18)19-7-8)13-14-9-3-1-2-4-11(9)20-13/h1-4,6-7H,5H2. The first kappa shape index (κ1) is 12.9. The molecule has 100 valence electrons. The van der Waals surface area contributed by atoms with Gasteiger partial charge in [-0.05, 0) is 17.7 Å². The van der Waals surface area contributed by atoms with Crippen LogP contribution >= 0.6 is 22.7 Å². The first-order chi connectivity index (χ1) is 9.63. The molecule has 0 amide bonds. The summed E-state index contributed by atoms with van der Waals surface area (Å²) in [5.41, 5.74) is 1.46. The van der Waals surface area contributed by atoms with Crippen molar-refractivity contribution in [3.8, 4) is 0 Å². The van der Waals surface area contributed by atoms with Crippen molar-refractivity contribution in [1.82, 2.24) is 4.98 Å². The Morgan fingerprint density at radius 1 is 1.35 bits per heavy atom. The zero-order valence-corrected chi connectivity index (χ0v) is 11.7. The van der Waals surface area contributed by atoms with Crippen molar-refractivity contribution in [1.29, 1.82) is 0 Å². The molecule has 0 saturated carbocycles. The fraction of sp³-hybridized carbons (Fsp3) is 0.0769. The van der Waals surface area contributed by atoms with Crippen molar-refractivity contribution in [3.05, 3.63) is 56.4 Å². The van der Waals surface area contributed by atoms with E-state index >= 15 is 0 Å². The number of thiophene rings is 1. The molecule has 0 radical (unpaired) electrons. The summed E-state index contributed by atoms with van der Waals surface area (Å²) in [4.78, 5) is 26.6. The molecule has 0 atom stereocenters. The second-order valence-electron chi connectivity index (χ2n) is 4.14. The number of aromatic nitrogens is 1. The number of carbonyl (C=O) groups excluding carboxylic acids is 1. The van der Waals surface area contributed by atoms with Gasteiger partial charge in [-0.1, -0.05) is 23.5 Å². The molecule has 0 bridgehead atoms. The molecule has 0 spiro atoms. The van der Waals surface area contributed by atoms with Gasteiger partial charge in [0.05, 0.1) is 15.1 Å². The van der Waals surface area contributed by atoms with E-state index < -0.39 is 4.92 Å². The van der Waals surface area contributed by atoms with Crippen LogP contribution in [0.2, 0.25) is 0 Å². The Hall–Kier alpha value is -2.12. The van der Waals surface area contributed by atoms with Gasteiger partial charge < -0.3 is 0 Å². The quantitative estimate of drug-likeness (QED) is 0.418. The van der Waals surface area contributed by atoms with Crippen molar-refractivity contribution in [2.45, 2.75) is 6.42 Å². The largest absolute Gasteiger partial charge is 0.324 e. The fourth-order valence-electron chi connectivity index (χ4n) is 1.80. The van der Waals surface area contributed by atoms with Crippen LogP contribution in [0.1, 0.15) is 15.4 Å². The van der Waals surface area contributed by atoms with Gasteiger partial charge in [-0.3, -0.25) is 14.9 Å². The highest BCUT2D eigenvalue weighted by atomic mass is 32.1. The molecule has 0 unspecified atom stereocenters. The minimum absolute atomic E-state index is 0.0529. The number of nitrogens with zero attached hydrogens (tertiary/aromatic N) is 2. The maximum absolute atomic E-state index is 12.1. The van der Waals surface area contributed by atoms with Gasteiger partial charge in [-0.25, -0.2) is 4.98 Å². The third-order valence-corrected chi connectivity index (χ3v) is 4.72. The SMILES string of the molecule is O=C(Cc1csc([N+](=O)[O-])c1)c1nc2ccccc2s1. The maximum atomic E-state index is 12.1. The molecule has 20 heavy (non-hydrogen) atoms. The summed E-state index contributed by atoms with van der Waals surface area (Å²) in [6, 6.07) is 8.99. The number of fused-ring (bicyclic) bond motifs is 1. The molecule has 7 heteroatoms. The summed E-state index contributed by atoms with van der Waals surface area (Å²) in [5.74, 6) is -0.112. The Morgan fingerprint density at radius 2 is 2.15 bits per heavy atom. The number of thiazole rings is 1. The van der Waals surface area contributed by atoms with E-state index in [2.05, 4.69) is 4.98 Å². The van der Waals surface area contributed by atoms with Crippen LogP contribution in [-0.4, -0.2) is 15.7 Å². The monoisotopic (exact) mass is 304 g/mol. The van der Waals surface area contributed by atoms with Crippen LogP contribution in [0.15, 0.2) is 35.7 Å². The van der Waals surface area contributed by atoms with Crippen molar-refractivity contribution >= 4 is 43.7 Å². The molecular formula is C13H8N2O3S2. The molecule has 0 N–H and O–H groups in total. The van der Waals surface area contributed by atoms with Gasteiger partial charge in [-0.2, -0.15) is 0 Å². The summed E-state index contributed by atoms with van der Waals surface area (Å²) in [5, 5.41) is 12.7. The lowest BCUT2D eigenvalue weighted by atomic mass is 10.2. The lowest BCUT2D eigenvalue weighted by molar-refractivity contribution is -0.380. The van der Waals surface area contributed by atoms with Gasteiger partial charge in [0.1, 0.15) is 0 Å². The molecule has 0 saturated heterocycles. The fourth-order valence-corrected chi connectivity index (χ4v) is 3.44. The lowest BCUT2D eigenvalue weighted by Crippen LogP contribution is -2.01. The summed E-state index contributed by atoms with van der Waals surface area (Å²) in [6.07, 6.45) is 0.143. The van der Waals surface area contributed by atoms with Crippen LogP contribution in [-0.2, 0) is 6.42 Å². The lowest BCUT2D eigenvalue weighted by Gasteiger charge is -1.92. The molecule has 2 heterocycles. The van der Waals surface area contributed by atoms with Gasteiger partial charge >= 0.3 is 5.00 Å². The van der Waals surface area contributed by atoms with Gasteiger partial charge in [-0.15, -0.1) is 11.3 Å². The molecule has 0 aliphatic heterocycles. The normalized spacial score (nSPS) is 10.8. The van der Waals surface area contributed by atoms with Crippen LogP contribution in [0.5, 0.6) is 0 Å². The van der Waals surface area contributed by atoms with Gasteiger partial charge in [0.15, 0.2) is 10.8 Å². The summed E-state index contributed by atoms with van der Waals surface area (Å²) >= 11 is 2.38. The van der Waals surface area contributed by atoms with Crippen molar-refractivity contribution < 1.29 is 9.72 Å². The Kier molecular flexibility index (Phi) is 3.29. The van der Waals surface area contributed by atoms with E-state index in [9.17, 15) is 14.9 Å². The molecule has 3 aromatic rings. The first-order valence-corrected chi connectivity index (χ1v) is 7.43. The topological polar surface area (TPSA) is 73.1 Å². The minimum atomic E-state index is -0.448. The number of nitro groups is 1. The molecule has 3 rings (SSSR count). The molecule has 0 aliphatic carbocycles.